The van der Waals surface area contributed by atoms with Crippen molar-refractivity contribution in [3.63, 3.8) is 0 Å². The van der Waals surface area contributed by atoms with Crippen LogP contribution in [-0.4, -0.2) is 116 Å². The number of esters is 1. The van der Waals surface area contributed by atoms with Crippen LogP contribution in [0.1, 0.15) is 145 Å². The molecule has 4 amide bonds. The van der Waals surface area contributed by atoms with Crippen molar-refractivity contribution in [1.82, 2.24) is 26.4 Å². The number of allylic oxidation sites excluding steroid dienone is 6. The summed E-state index contributed by atoms with van der Waals surface area (Å²) in [5.41, 5.74) is 3.47. The monoisotopic (exact) mass is 1080 g/mol. The molecule has 14 atom stereocenters. The number of hydrogen-bond acceptors (Lipinski definition) is 12. The van der Waals surface area contributed by atoms with Gasteiger partial charge in [0.05, 0.1) is 24.2 Å². The number of Topliss-reactive ketones (excluding diaryl/α,β-unsaturated/α-hetero) is 1. The Kier molecular flexibility index (Phi) is 25.6. The van der Waals surface area contributed by atoms with Gasteiger partial charge in [0.2, 0.25) is 17.7 Å². The first-order valence-corrected chi connectivity index (χ1v) is 27.9. The van der Waals surface area contributed by atoms with Gasteiger partial charge in [-0.2, -0.15) is 0 Å². The lowest BCUT2D eigenvalue weighted by molar-refractivity contribution is -0.156. The summed E-state index contributed by atoms with van der Waals surface area (Å²) in [6, 6.07) is 2.18. The molecule has 0 radical (unpaired) electrons. The molecule has 3 aliphatic heterocycles. The second kappa shape index (κ2) is 30.7. The molecule has 2 bridgehead atoms. The van der Waals surface area contributed by atoms with E-state index in [0.29, 0.717) is 61.7 Å². The Morgan fingerprint density at radius 2 is 1.70 bits per heavy atom. The number of cyclic esters (lactones) is 1. The Hall–Kier alpha value is -5.33. The first-order chi connectivity index (χ1) is 36.4. The van der Waals surface area contributed by atoms with Crippen LogP contribution in [0.3, 0.4) is 0 Å². The maximum absolute atomic E-state index is 14.5. The van der Waals surface area contributed by atoms with Gasteiger partial charge in [-0.05, 0) is 125 Å². The van der Waals surface area contributed by atoms with Gasteiger partial charge < -0.3 is 45.9 Å². The molecule has 2 fully saturated rings. The number of ether oxygens (including phenoxy) is 1. The van der Waals surface area contributed by atoms with Crippen LogP contribution in [0, 0.1) is 47.2 Å². The average Bonchev–Trinajstić information content (AvgIpc) is 3.38. The molecule has 0 spiro atoms. The Morgan fingerprint density at radius 1 is 0.974 bits per heavy atom. The number of benzene rings is 1. The van der Waals surface area contributed by atoms with E-state index in [9.17, 15) is 53.6 Å². The van der Waals surface area contributed by atoms with Crippen molar-refractivity contribution in [1.29, 1.82) is 0 Å². The molecule has 17 heteroatoms. The van der Waals surface area contributed by atoms with Crippen LogP contribution >= 0.6 is 0 Å². The number of piperidine rings is 1. The van der Waals surface area contributed by atoms with E-state index in [1.165, 1.54) is 36.2 Å². The molecule has 428 valence electrons. The van der Waals surface area contributed by atoms with Crippen LogP contribution in [0.2, 0.25) is 0 Å². The van der Waals surface area contributed by atoms with Crippen LogP contribution in [0.4, 0.5) is 4.39 Å². The molecule has 3 heterocycles. The van der Waals surface area contributed by atoms with Crippen LogP contribution in [-0.2, 0) is 39.9 Å². The van der Waals surface area contributed by atoms with Gasteiger partial charge in [-0.15, -0.1) is 0 Å². The largest absolute Gasteiger partial charge is 0.456 e. The van der Waals surface area contributed by atoms with Crippen LogP contribution in [0.5, 0.6) is 0 Å². The summed E-state index contributed by atoms with van der Waals surface area (Å²) in [7, 11) is 0. The van der Waals surface area contributed by atoms with Crippen molar-refractivity contribution in [2.75, 3.05) is 6.54 Å². The summed E-state index contributed by atoms with van der Waals surface area (Å²) in [5, 5.41) is 55.0. The second-order valence-corrected chi connectivity index (χ2v) is 22.5. The lowest BCUT2D eigenvalue weighted by Gasteiger charge is -2.42. The van der Waals surface area contributed by atoms with Gasteiger partial charge >= 0.3 is 5.97 Å². The molecule has 3 aliphatic rings. The number of fused-ring (bicyclic) bond motifs is 2. The lowest BCUT2D eigenvalue weighted by atomic mass is 9.77. The second-order valence-electron chi connectivity index (χ2n) is 22.5. The van der Waals surface area contributed by atoms with E-state index in [0.717, 1.165) is 6.42 Å². The number of carbonyl (C=O) groups is 6. The van der Waals surface area contributed by atoms with Crippen molar-refractivity contribution in [2.24, 2.45) is 41.4 Å². The molecule has 77 heavy (non-hydrogen) atoms. The molecule has 4 rings (SSSR count). The SMILES string of the molecule is CCC1C[C@H](C)[C@@](O)(/C(C)=C\C(C)CCC(O)C(C)CC/C=C/C=C(\C)[C@@H]2C/C=C/C=C/[C@H](O)C(C)C(O)C(CCC(C)=O)C(=O)NC(C(C)C)C(=O)NC(Cc3cccc(F)c3)C(=O)N3CCCC(N3)C(=O)O2)NC1=O. The van der Waals surface area contributed by atoms with Gasteiger partial charge in [0.25, 0.3) is 5.91 Å². The van der Waals surface area contributed by atoms with Gasteiger partial charge in [-0.25, -0.2) is 9.82 Å². The van der Waals surface area contributed by atoms with Gasteiger partial charge in [0.15, 0.2) is 5.72 Å². The highest BCUT2D eigenvalue weighted by Gasteiger charge is 2.44. The van der Waals surface area contributed by atoms with E-state index in [1.54, 1.807) is 45.1 Å². The number of carbonyl (C=O) groups excluding carboxylic acids is 6. The zero-order chi connectivity index (χ0) is 57.1. The number of nitrogens with one attached hydrogen (secondary N) is 4. The third-order valence-corrected chi connectivity index (χ3v) is 15.8. The van der Waals surface area contributed by atoms with Gasteiger partial charge in [-0.1, -0.05) is 109 Å². The highest BCUT2D eigenvalue weighted by Crippen LogP contribution is 2.35. The first-order valence-electron chi connectivity index (χ1n) is 27.9. The minimum absolute atomic E-state index is 0.00444. The summed E-state index contributed by atoms with van der Waals surface area (Å²) in [6.45, 7) is 18.2. The van der Waals surface area contributed by atoms with Crippen LogP contribution in [0.15, 0.2) is 84.0 Å². The Balaban J connectivity index is 1.53. The zero-order valence-electron chi connectivity index (χ0n) is 47.2. The first kappa shape index (κ1) is 64.2. The number of ketones is 1. The molecule has 0 aliphatic carbocycles. The number of rotatable bonds is 18. The van der Waals surface area contributed by atoms with E-state index < -0.39 is 95.5 Å². The van der Waals surface area contributed by atoms with Gasteiger partial charge in [0.1, 0.15) is 35.8 Å². The van der Waals surface area contributed by atoms with E-state index >= 15 is 0 Å². The number of hydrogen-bond donors (Lipinski definition) is 8. The zero-order valence-corrected chi connectivity index (χ0v) is 47.2. The van der Waals surface area contributed by atoms with E-state index in [1.807, 2.05) is 65.8 Å². The minimum Gasteiger partial charge on any atom is -0.456 e. The fourth-order valence-corrected chi connectivity index (χ4v) is 10.3. The molecular weight excluding hydrogens is 986 g/mol. The fourth-order valence-electron chi connectivity index (χ4n) is 10.3. The topological polar surface area (TPSA) is 244 Å². The number of amides is 4. The molecule has 1 aromatic carbocycles. The van der Waals surface area contributed by atoms with E-state index in [2.05, 4.69) is 21.4 Å². The lowest BCUT2D eigenvalue weighted by Crippen LogP contribution is -2.62. The van der Waals surface area contributed by atoms with Crippen molar-refractivity contribution < 1.29 is 58.3 Å². The summed E-state index contributed by atoms with van der Waals surface area (Å²) < 4.78 is 20.6. The predicted molar refractivity (Wildman–Crippen MR) is 294 cm³/mol. The van der Waals surface area contributed by atoms with Gasteiger partial charge in [-0.3, -0.25) is 29.0 Å². The summed E-state index contributed by atoms with van der Waals surface area (Å²) >= 11 is 0. The van der Waals surface area contributed by atoms with Crippen LogP contribution < -0.4 is 21.4 Å². The van der Waals surface area contributed by atoms with Crippen molar-refractivity contribution in [3.05, 3.63) is 95.4 Å². The number of aliphatic hydroxyl groups excluding tert-OH is 3. The van der Waals surface area contributed by atoms with Gasteiger partial charge in [0, 0.05) is 43.6 Å². The van der Waals surface area contributed by atoms with Crippen molar-refractivity contribution >= 4 is 35.4 Å². The summed E-state index contributed by atoms with van der Waals surface area (Å²) in [6.07, 6.45) is 15.0. The molecule has 0 saturated carbocycles. The normalized spacial score (nSPS) is 31.0. The average molecular weight is 1080 g/mol. The highest BCUT2D eigenvalue weighted by atomic mass is 19.1. The number of hydrazine groups is 1. The number of halogens is 1. The minimum atomic E-state index is -1.44. The van der Waals surface area contributed by atoms with E-state index in [-0.39, 0.29) is 67.6 Å². The maximum Gasteiger partial charge on any atom is 0.325 e. The third kappa shape index (κ3) is 19.2. The van der Waals surface area contributed by atoms with Crippen molar-refractivity contribution in [2.45, 2.75) is 195 Å². The highest BCUT2D eigenvalue weighted by molar-refractivity contribution is 5.93. The molecule has 16 nitrogen and oxygen atoms in total. The Morgan fingerprint density at radius 3 is 2.38 bits per heavy atom. The standard InChI is InChI=1S/C60H90FN5O11/c1-11-45-33-41(8)60(76,64-55(45)71)40(7)32-37(4)27-30-50(68)38(5)20-14-12-15-21-39(6)52-26-17-13-16-25-51(69)43(10)54(70)47(29-28-42(9)67)56(72)63-53(36(2)3)57(73)62-49(35-44-22-18-23-46(61)34-44)58(74)66-31-19-24-48(65-66)59(75)77-52/h12-13,15-18,21-23,25,32,34,36-38,41,43,45,47-54,65,68-70,76H,11,14,19-20,24,26-31,33,35H2,1-10H3,(H,62,73)(H,63,72)(H,64,71)/b15-12+,17-13+,25-16+,39-21+,40-32-/t37?,38?,41-,43?,45?,47?,48?,49?,50?,51-,52-,53?,54?,60-/m0/s1. The van der Waals surface area contributed by atoms with Crippen LogP contribution in [0.25, 0.3) is 0 Å². The molecule has 8 N–H and O–H groups in total. The Labute approximate surface area is 456 Å². The predicted octanol–water partition coefficient (Wildman–Crippen LogP) is 6.77. The molecule has 2 saturated heterocycles. The van der Waals surface area contributed by atoms with E-state index in [4.69, 9.17) is 4.74 Å². The number of aliphatic hydroxyl groups is 4. The third-order valence-electron chi connectivity index (χ3n) is 15.8. The molecule has 0 aromatic heterocycles. The molecule has 1 aromatic rings. The quantitative estimate of drug-likeness (QED) is 0.0431. The summed E-state index contributed by atoms with van der Waals surface area (Å²) in [4.78, 5) is 81.5. The fraction of sp³-hybridized carbons (Fsp3) is 0.633. The summed E-state index contributed by atoms with van der Waals surface area (Å²) in [5.74, 6) is -6.32. The van der Waals surface area contributed by atoms with Crippen molar-refractivity contribution in [3.8, 4) is 0 Å². The molecule has 10 unspecified atom stereocenters. The smallest absolute Gasteiger partial charge is 0.325 e. The molecular formula is C60H90FN5O11. The Bertz CT molecular complexity index is 2320. The number of nitrogens with zero attached hydrogens (tertiary/aromatic N) is 1. The maximum atomic E-state index is 14.5.